The number of hydrogen-bond donors (Lipinski definition) is 0. The molecule has 0 saturated carbocycles. The van der Waals surface area contributed by atoms with Crippen molar-refractivity contribution in [2.45, 2.75) is 155 Å². The van der Waals surface area contributed by atoms with Gasteiger partial charge in [-0.15, -0.1) is 0 Å². The molecular formula is C28H50O6. The Labute approximate surface area is 207 Å². The van der Waals surface area contributed by atoms with E-state index in [9.17, 15) is 19.2 Å². The number of Topliss-reactive ketones (excluding diaryl/α,β-unsaturated/α-hetero) is 2. The van der Waals surface area contributed by atoms with Crippen molar-refractivity contribution in [3.63, 3.8) is 0 Å². The molecule has 0 heterocycles. The van der Waals surface area contributed by atoms with E-state index in [1.807, 2.05) is 0 Å². The highest BCUT2D eigenvalue weighted by Crippen LogP contribution is 2.13. The Kier molecular flexibility index (Phi) is 23.2. The van der Waals surface area contributed by atoms with Gasteiger partial charge in [-0.2, -0.15) is 0 Å². The quantitative estimate of drug-likeness (QED) is 0.0794. The van der Waals surface area contributed by atoms with Crippen molar-refractivity contribution < 1.29 is 29.0 Å². The highest BCUT2D eigenvalue weighted by Gasteiger charge is 2.09. The molecule has 6 heteroatoms. The highest BCUT2D eigenvalue weighted by molar-refractivity contribution is 5.75. The minimum Gasteiger partial charge on any atom is -0.300 e. The molecule has 0 radical (unpaired) electrons. The van der Waals surface area contributed by atoms with Crippen molar-refractivity contribution in [2.75, 3.05) is 0 Å². The molecule has 0 aliphatic carbocycles. The molecule has 0 fully saturated rings. The Morgan fingerprint density at radius 3 is 0.794 bits per heavy atom. The van der Waals surface area contributed by atoms with Crippen molar-refractivity contribution in [1.82, 2.24) is 0 Å². The van der Waals surface area contributed by atoms with Gasteiger partial charge in [0.15, 0.2) is 0 Å². The third-order valence-electron chi connectivity index (χ3n) is 6.05. The lowest BCUT2D eigenvalue weighted by molar-refractivity contribution is -0.259. The third kappa shape index (κ3) is 26.5. The Hall–Kier alpha value is -1.72. The maximum absolute atomic E-state index is 11.7. The molecule has 6 nitrogen and oxygen atoms in total. The summed E-state index contributed by atoms with van der Waals surface area (Å²) in [5.74, 6) is -0.384. The molecule has 0 aromatic rings. The van der Waals surface area contributed by atoms with Gasteiger partial charge in [0.25, 0.3) is 0 Å². The Morgan fingerprint density at radius 1 is 0.353 bits per heavy atom. The smallest absolute Gasteiger partial charge is 0.300 e. The van der Waals surface area contributed by atoms with Gasteiger partial charge in [0, 0.05) is 12.8 Å². The van der Waals surface area contributed by atoms with Crippen LogP contribution in [-0.4, -0.2) is 23.5 Å². The molecule has 0 spiro atoms. The van der Waals surface area contributed by atoms with E-state index >= 15 is 0 Å². The molecule has 0 N–H and O–H groups in total. The molecular weight excluding hydrogens is 432 g/mol. The molecule has 0 aliphatic rings. The molecule has 0 aromatic heterocycles. The second-order valence-electron chi connectivity index (χ2n) is 9.68. The summed E-state index contributed by atoms with van der Waals surface area (Å²) in [6.07, 6.45) is 21.4. The van der Waals surface area contributed by atoms with Gasteiger partial charge in [-0.3, -0.25) is 0 Å². The molecule has 0 aliphatic heterocycles. The van der Waals surface area contributed by atoms with Crippen LogP contribution in [0.3, 0.4) is 0 Å². The van der Waals surface area contributed by atoms with E-state index < -0.39 is 11.9 Å². The first-order valence-corrected chi connectivity index (χ1v) is 13.8. The predicted molar refractivity (Wildman–Crippen MR) is 135 cm³/mol. The van der Waals surface area contributed by atoms with Crippen LogP contribution in [0, 0.1) is 0 Å². The summed E-state index contributed by atoms with van der Waals surface area (Å²) in [7, 11) is 0. The molecule has 0 atom stereocenters. The summed E-state index contributed by atoms with van der Waals surface area (Å²) in [6.45, 7) is 3.29. The molecule has 34 heavy (non-hydrogen) atoms. The summed E-state index contributed by atoms with van der Waals surface area (Å²) in [4.78, 5) is 54.3. The lowest BCUT2D eigenvalue weighted by Gasteiger charge is -2.04. The SMILES string of the molecule is CC(=O)CCCCCCCCCCCC(=O)OOC(=O)CCCCCCCCCCCC(C)=O. The van der Waals surface area contributed by atoms with Gasteiger partial charge < -0.3 is 9.59 Å². The molecule has 0 saturated heterocycles. The van der Waals surface area contributed by atoms with E-state index in [2.05, 4.69) is 9.78 Å². The topological polar surface area (TPSA) is 86.7 Å². The molecule has 0 amide bonds. The van der Waals surface area contributed by atoms with Crippen molar-refractivity contribution in [3.8, 4) is 0 Å². The Bertz CT molecular complexity index is 495. The Morgan fingerprint density at radius 2 is 0.559 bits per heavy atom. The van der Waals surface area contributed by atoms with E-state index in [0.717, 1.165) is 77.0 Å². The number of carbonyl (C=O) groups is 4. The molecule has 198 valence electrons. The van der Waals surface area contributed by atoms with E-state index in [0.29, 0.717) is 12.8 Å². The number of unbranched alkanes of at least 4 members (excludes halogenated alkanes) is 16. The fourth-order valence-electron chi connectivity index (χ4n) is 3.94. The normalized spacial score (nSPS) is 10.8. The van der Waals surface area contributed by atoms with Gasteiger partial charge in [0.05, 0.1) is 12.8 Å². The van der Waals surface area contributed by atoms with Gasteiger partial charge >= 0.3 is 11.9 Å². The van der Waals surface area contributed by atoms with Crippen LogP contribution in [0.2, 0.25) is 0 Å². The zero-order valence-corrected chi connectivity index (χ0v) is 22.0. The third-order valence-corrected chi connectivity index (χ3v) is 6.05. The summed E-state index contributed by atoms with van der Waals surface area (Å²) in [5, 5.41) is 0. The fraction of sp³-hybridized carbons (Fsp3) is 0.857. The zero-order chi connectivity index (χ0) is 25.3. The van der Waals surface area contributed by atoms with Gasteiger partial charge in [-0.05, 0) is 39.5 Å². The second-order valence-corrected chi connectivity index (χ2v) is 9.68. The first-order chi connectivity index (χ1) is 16.4. The summed E-state index contributed by atoms with van der Waals surface area (Å²) in [6, 6.07) is 0. The molecule has 0 unspecified atom stereocenters. The minimum atomic E-state index is -0.470. The van der Waals surface area contributed by atoms with E-state index in [1.54, 1.807) is 13.8 Å². The van der Waals surface area contributed by atoms with Crippen LogP contribution in [0.25, 0.3) is 0 Å². The minimum absolute atomic E-state index is 0.278. The van der Waals surface area contributed by atoms with Crippen molar-refractivity contribution in [2.24, 2.45) is 0 Å². The van der Waals surface area contributed by atoms with Gasteiger partial charge in [-0.25, -0.2) is 19.4 Å². The standard InChI is InChI=1S/C28H50O6/c1-25(29)21-17-13-9-5-3-7-11-15-19-23-27(31)33-34-28(32)24-20-16-12-8-4-6-10-14-18-22-26(2)30/h3-24H2,1-2H3. The average molecular weight is 483 g/mol. The second kappa shape index (κ2) is 24.4. The van der Waals surface area contributed by atoms with E-state index in [-0.39, 0.29) is 24.4 Å². The van der Waals surface area contributed by atoms with Crippen LogP contribution in [-0.2, 0) is 29.0 Å². The van der Waals surface area contributed by atoms with Crippen LogP contribution in [0.4, 0.5) is 0 Å². The van der Waals surface area contributed by atoms with Crippen LogP contribution < -0.4 is 0 Å². The van der Waals surface area contributed by atoms with Gasteiger partial charge in [0.1, 0.15) is 11.6 Å². The maximum atomic E-state index is 11.7. The molecule has 0 rings (SSSR count). The fourth-order valence-corrected chi connectivity index (χ4v) is 3.94. The van der Waals surface area contributed by atoms with Gasteiger partial charge in [-0.1, -0.05) is 89.9 Å². The van der Waals surface area contributed by atoms with Crippen molar-refractivity contribution in [3.05, 3.63) is 0 Å². The lowest BCUT2D eigenvalue weighted by atomic mass is 10.1. The zero-order valence-electron chi connectivity index (χ0n) is 22.0. The van der Waals surface area contributed by atoms with E-state index in [4.69, 9.17) is 0 Å². The first kappa shape index (κ1) is 32.3. The average Bonchev–Trinajstić information content (AvgIpc) is 2.79. The number of hydrogen-bond acceptors (Lipinski definition) is 6. The number of ketones is 2. The lowest BCUT2D eigenvalue weighted by Crippen LogP contribution is -2.11. The summed E-state index contributed by atoms with van der Waals surface area (Å²) < 4.78 is 0. The summed E-state index contributed by atoms with van der Waals surface area (Å²) >= 11 is 0. The highest BCUT2D eigenvalue weighted by atomic mass is 17.2. The van der Waals surface area contributed by atoms with Gasteiger partial charge in [0.2, 0.25) is 0 Å². The predicted octanol–water partition coefficient (Wildman–Crippen LogP) is 7.75. The molecule has 0 bridgehead atoms. The first-order valence-electron chi connectivity index (χ1n) is 13.8. The largest absolute Gasteiger partial charge is 0.355 e. The van der Waals surface area contributed by atoms with E-state index in [1.165, 1.54) is 38.5 Å². The number of rotatable bonds is 24. The van der Waals surface area contributed by atoms with Crippen molar-refractivity contribution >= 4 is 23.5 Å². The Balaban J connectivity index is 3.33. The van der Waals surface area contributed by atoms with Crippen LogP contribution >= 0.6 is 0 Å². The van der Waals surface area contributed by atoms with Crippen molar-refractivity contribution in [1.29, 1.82) is 0 Å². The number of carbonyl (C=O) groups excluding carboxylic acids is 4. The van der Waals surface area contributed by atoms with Crippen LogP contribution in [0.5, 0.6) is 0 Å². The molecule has 0 aromatic carbocycles. The van der Waals surface area contributed by atoms with Crippen LogP contribution in [0.15, 0.2) is 0 Å². The summed E-state index contributed by atoms with van der Waals surface area (Å²) in [5.41, 5.74) is 0. The van der Waals surface area contributed by atoms with Crippen LogP contribution in [0.1, 0.15) is 155 Å². The monoisotopic (exact) mass is 482 g/mol. The maximum Gasteiger partial charge on any atom is 0.355 e.